The van der Waals surface area contributed by atoms with E-state index >= 15 is 0 Å². The third-order valence-corrected chi connectivity index (χ3v) is 8.63. The average molecular weight is 700 g/mol. The molecule has 0 aromatic heterocycles. The zero-order valence-corrected chi connectivity index (χ0v) is 27.5. The summed E-state index contributed by atoms with van der Waals surface area (Å²) in [6.45, 7) is 1.94. The Hall–Kier alpha value is -5.32. The summed E-state index contributed by atoms with van der Waals surface area (Å²) in [6.07, 6.45) is -3.18. The second-order valence-corrected chi connectivity index (χ2v) is 12.5. The van der Waals surface area contributed by atoms with Gasteiger partial charge in [0.15, 0.2) is 0 Å². The van der Waals surface area contributed by atoms with Crippen LogP contribution in [0.1, 0.15) is 37.9 Å². The number of alkyl halides is 3. The number of hydrogen-bond donors (Lipinski definition) is 3. The SMILES string of the molecule is Cc1ccc(/C=C(\NC(=O)c2ccccc2)C(=O)Nc2cccc(SC(C(=O)Nc3ccc(Cl)cc3C(F)(F)F)c3ccccc3)c2)cc1. The summed E-state index contributed by atoms with van der Waals surface area (Å²) in [5, 5.41) is 6.86. The number of benzene rings is 5. The van der Waals surface area contributed by atoms with Gasteiger partial charge in [0, 0.05) is 21.2 Å². The lowest BCUT2D eigenvalue weighted by molar-refractivity contribution is -0.137. The van der Waals surface area contributed by atoms with Crippen molar-refractivity contribution >= 4 is 58.5 Å². The van der Waals surface area contributed by atoms with Crippen molar-refractivity contribution in [3.05, 3.63) is 166 Å². The summed E-state index contributed by atoms with van der Waals surface area (Å²) in [4.78, 5) is 40.7. The Balaban J connectivity index is 1.39. The van der Waals surface area contributed by atoms with Gasteiger partial charge in [0.1, 0.15) is 10.9 Å². The third-order valence-electron chi connectivity index (χ3n) is 7.15. The Kier molecular flexibility index (Phi) is 11.2. The first-order chi connectivity index (χ1) is 23.5. The first-order valence-electron chi connectivity index (χ1n) is 14.9. The van der Waals surface area contributed by atoms with E-state index in [1.165, 1.54) is 6.07 Å². The van der Waals surface area contributed by atoms with Gasteiger partial charge >= 0.3 is 6.18 Å². The lowest BCUT2D eigenvalue weighted by Crippen LogP contribution is -2.30. The van der Waals surface area contributed by atoms with Crippen LogP contribution < -0.4 is 16.0 Å². The maximum absolute atomic E-state index is 13.8. The monoisotopic (exact) mass is 699 g/mol. The van der Waals surface area contributed by atoms with Crippen molar-refractivity contribution in [2.75, 3.05) is 10.6 Å². The maximum Gasteiger partial charge on any atom is 0.418 e. The molecule has 5 aromatic rings. The highest BCUT2D eigenvalue weighted by Crippen LogP contribution is 2.40. The standard InChI is InChI=1S/C38H29ClF3N3O3S/c1-24-15-17-25(18-16-24)21-33(45-35(46)27-11-6-3-7-12-27)36(47)43-29-13-8-14-30(23-29)49-34(26-9-4-2-5-10-26)37(48)44-32-20-19-28(39)22-31(32)38(40,41)42/h2-23,34H,1H3,(H,43,47)(H,44,48)(H,45,46)/b33-21-. The molecule has 11 heteroatoms. The molecule has 0 saturated carbocycles. The molecule has 0 bridgehead atoms. The second kappa shape index (κ2) is 15.7. The molecule has 6 nitrogen and oxygen atoms in total. The normalized spacial score (nSPS) is 12.1. The molecule has 1 unspecified atom stereocenters. The van der Waals surface area contributed by atoms with E-state index in [0.717, 1.165) is 29.5 Å². The number of carbonyl (C=O) groups is 3. The van der Waals surface area contributed by atoms with Crippen LogP contribution in [0.4, 0.5) is 24.5 Å². The van der Waals surface area contributed by atoms with Gasteiger partial charge in [0.2, 0.25) is 5.91 Å². The van der Waals surface area contributed by atoms with Gasteiger partial charge < -0.3 is 16.0 Å². The molecule has 0 spiro atoms. The molecule has 0 aliphatic rings. The van der Waals surface area contributed by atoms with Crippen LogP contribution in [0.5, 0.6) is 0 Å². The van der Waals surface area contributed by atoms with Crippen LogP contribution in [-0.4, -0.2) is 17.7 Å². The fraction of sp³-hybridized carbons (Fsp3) is 0.0789. The lowest BCUT2D eigenvalue weighted by atomic mass is 10.1. The van der Waals surface area contributed by atoms with Crippen molar-refractivity contribution in [1.82, 2.24) is 5.32 Å². The second-order valence-electron chi connectivity index (χ2n) is 10.9. The molecule has 0 heterocycles. The van der Waals surface area contributed by atoms with Gasteiger partial charge in [-0.3, -0.25) is 14.4 Å². The Morgan fingerprint density at radius 1 is 0.776 bits per heavy atom. The number of hydrogen-bond acceptors (Lipinski definition) is 4. The Morgan fingerprint density at radius 2 is 1.45 bits per heavy atom. The molecule has 0 aliphatic carbocycles. The van der Waals surface area contributed by atoms with Gasteiger partial charge in [-0.15, -0.1) is 11.8 Å². The third kappa shape index (κ3) is 9.62. The number of halogens is 4. The van der Waals surface area contributed by atoms with E-state index in [2.05, 4.69) is 16.0 Å². The Labute approximate surface area is 290 Å². The molecule has 0 aliphatic heterocycles. The summed E-state index contributed by atoms with van der Waals surface area (Å²) in [5.74, 6) is -1.75. The minimum absolute atomic E-state index is 0.000681. The van der Waals surface area contributed by atoms with Gasteiger partial charge in [0.05, 0.1) is 11.3 Å². The summed E-state index contributed by atoms with van der Waals surface area (Å²) in [7, 11) is 0. The molecule has 0 fully saturated rings. The predicted molar refractivity (Wildman–Crippen MR) is 188 cm³/mol. The van der Waals surface area contributed by atoms with E-state index < -0.39 is 40.4 Å². The van der Waals surface area contributed by atoms with Crippen molar-refractivity contribution in [2.24, 2.45) is 0 Å². The van der Waals surface area contributed by atoms with Crippen molar-refractivity contribution in [2.45, 2.75) is 23.2 Å². The molecule has 0 saturated heterocycles. The van der Waals surface area contributed by atoms with Crippen LogP contribution in [0.3, 0.4) is 0 Å². The van der Waals surface area contributed by atoms with E-state index in [9.17, 15) is 27.6 Å². The summed E-state index contributed by atoms with van der Waals surface area (Å²) < 4.78 is 41.3. The van der Waals surface area contributed by atoms with Gasteiger partial charge in [-0.2, -0.15) is 13.2 Å². The number of thioether (sulfide) groups is 1. The Bertz CT molecular complexity index is 1990. The highest BCUT2D eigenvalue weighted by molar-refractivity contribution is 8.00. The van der Waals surface area contributed by atoms with Crippen LogP contribution in [0.2, 0.25) is 5.02 Å². The van der Waals surface area contributed by atoms with Crippen molar-refractivity contribution in [3.63, 3.8) is 0 Å². The molecule has 3 amide bonds. The summed E-state index contributed by atoms with van der Waals surface area (Å²) in [5.41, 5.74) is 1.52. The number of anilines is 2. The molecule has 1 atom stereocenters. The van der Waals surface area contributed by atoms with Crippen LogP contribution in [0.25, 0.3) is 6.08 Å². The van der Waals surface area contributed by atoms with Gasteiger partial charge in [-0.25, -0.2) is 0 Å². The zero-order valence-electron chi connectivity index (χ0n) is 25.9. The molecular formula is C38H29ClF3N3O3S. The van der Waals surface area contributed by atoms with Crippen LogP contribution in [0.15, 0.2) is 138 Å². The lowest BCUT2D eigenvalue weighted by Gasteiger charge is -2.20. The first-order valence-corrected chi connectivity index (χ1v) is 16.2. The van der Waals surface area contributed by atoms with E-state index in [0.29, 0.717) is 27.3 Å². The van der Waals surface area contributed by atoms with Crippen LogP contribution in [0, 0.1) is 6.92 Å². The largest absolute Gasteiger partial charge is 0.418 e. The fourth-order valence-electron chi connectivity index (χ4n) is 4.71. The summed E-state index contributed by atoms with van der Waals surface area (Å²) >= 11 is 6.92. The number of aryl methyl sites for hydroxylation is 1. The van der Waals surface area contributed by atoms with Crippen molar-refractivity contribution in [3.8, 4) is 0 Å². The van der Waals surface area contributed by atoms with Crippen molar-refractivity contribution < 1.29 is 27.6 Å². The molecule has 248 valence electrons. The van der Waals surface area contributed by atoms with Crippen molar-refractivity contribution in [1.29, 1.82) is 0 Å². The maximum atomic E-state index is 13.8. The molecule has 49 heavy (non-hydrogen) atoms. The van der Waals surface area contributed by atoms with Gasteiger partial charge in [0.25, 0.3) is 11.8 Å². The number of nitrogens with one attached hydrogen (secondary N) is 3. The van der Waals surface area contributed by atoms with E-state index in [4.69, 9.17) is 11.6 Å². The van der Waals surface area contributed by atoms with Crippen LogP contribution >= 0.6 is 23.4 Å². The van der Waals surface area contributed by atoms with E-state index in [1.54, 1.807) is 91.0 Å². The predicted octanol–water partition coefficient (Wildman–Crippen LogP) is 9.55. The van der Waals surface area contributed by atoms with Crippen LogP contribution in [-0.2, 0) is 15.8 Å². The van der Waals surface area contributed by atoms with E-state index in [1.807, 2.05) is 31.2 Å². The molecule has 5 aromatic carbocycles. The molecule has 0 radical (unpaired) electrons. The topological polar surface area (TPSA) is 87.3 Å². The zero-order chi connectivity index (χ0) is 35.0. The number of carbonyl (C=O) groups excluding carboxylic acids is 3. The highest BCUT2D eigenvalue weighted by atomic mass is 35.5. The highest BCUT2D eigenvalue weighted by Gasteiger charge is 2.35. The number of amides is 3. The molecule has 5 rings (SSSR count). The van der Waals surface area contributed by atoms with E-state index in [-0.39, 0.29) is 10.7 Å². The minimum atomic E-state index is -4.75. The first kappa shape index (κ1) is 35.0. The molecule has 3 N–H and O–H groups in total. The van der Waals surface area contributed by atoms with Gasteiger partial charge in [-0.05, 0) is 72.7 Å². The Morgan fingerprint density at radius 3 is 2.12 bits per heavy atom. The minimum Gasteiger partial charge on any atom is -0.324 e. The average Bonchev–Trinajstić information content (AvgIpc) is 3.09. The quantitative estimate of drug-likeness (QED) is 0.100. The smallest absolute Gasteiger partial charge is 0.324 e. The summed E-state index contributed by atoms with van der Waals surface area (Å²) in [6, 6.07) is 34.3. The fourth-order valence-corrected chi connectivity index (χ4v) is 5.97. The number of rotatable bonds is 10. The molecular weight excluding hydrogens is 671 g/mol. The van der Waals surface area contributed by atoms with Gasteiger partial charge in [-0.1, -0.05) is 96.0 Å².